The number of likely N-dealkylation sites (tertiary alicyclic amines) is 1. The van der Waals surface area contributed by atoms with E-state index in [4.69, 9.17) is 0 Å². The highest BCUT2D eigenvalue weighted by Gasteiger charge is 2.31. The molecule has 138 valence electrons. The Hall–Kier alpha value is -1.39. The van der Waals surface area contributed by atoms with E-state index in [1.165, 1.54) is 25.1 Å². The minimum absolute atomic E-state index is 0.00892. The van der Waals surface area contributed by atoms with Crippen molar-refractivity contribution in [3.63, 3.8) is 0 Å². The molecule has 0 spiro atoms. The summed E-state index contributed by atoms with van der Waals surface area (Å²) < 4.78 is 0. The average molecular weight is 344 g/mol. The van der Waals surface area contributed by atoms with Crippen LogP contribution in [-0.2, 0) is 17.9 Å². The Bertz CT molecular complexity index is 562. The molecular formula is C21H32N2O2. The number of hydrogen-bond acceptors (Lipinski definition) is 3. The zero-order valence-electron chi connectivity index (χ0n) is 15.6. The van der Waals surface area contributed by atoms with Gasteiger partial charge in [0.05, 0.1) is 12.0 Å². The minimum atomic E-state index is -0.461. The lowest BCUT2D eigenvalue weighted by atomic mass is 9.91. The van der Waals surface area contributed by atoms with Crippen LogP contribution in [0.4, 0.5) is 0 Å². The van der Waals surface area contributed by atoms with E-state index in [0.29, 0.717) is 6.54 Å². The molecule has 2 N–H and O–H groups in total. The van der Waals surface area contributed by atoms with Gasteiger partial charge < -0.3 is 10.4 Å². The molecule has 1 aromatic carbocycles. The highest BCUT2D eigenvalue weighted by molar-refractivity contribution is 5.79. The van der Waals surface area contributed by atoms with Crippen LogP contribution in [0.5, 0.6) is 0 Å². The number of rotatable bonds is 5. The van der Waals surface area contributed by atoms with Gasteiger partial charge in [-0.05, 0) is 48.6 Å². The largest absolute Gasteiger partial charge is 0.392 e. The maximum Gasteiger partial charge on any atom is 0.225 e. The number of carbonyl (C=O) groups excluding carboxylic acids is 1. The van der Waals surface area contributed by atoms with Gasteiger partial charge in [-0.2, -0.15) is 0 Å². The fourth-order valence-electron chi connectivity index (χ4n) is 4.51. The van der Waals surface area contributed by atoms with E-state index in [9.17, 15) is 9.90 Å². The van der Waals surface area contributed by atoms with Crippen LogP contribution < -0.4 is 5.32 Å². The lowest BCUT2D eigenvalue weighted by molar-refractivity contribution is -0.127. The van der Waals surface area contributed by atoms with Crippen LogP contribution in [-0.4, -0.2) is 35.1 Å². The zero-order valence-corrected chi connectivity index (χ0v) is 15.6. The Morgan fingerprint density at radius 2 is 1.76 bits per heavy atom. The zero-order chi connectivity index (χ0) is 17.8. The van der Waals surface area contributed by atoms with Crippen LogP contribution in [0, 0.1) is 17.8 Å². The van der Waals surface area contributed by atoms with Crippen molar-refractivity contribution in [1.29, 1.82) is 0 Å². The first kappa shape index (κ1) is 18.4. The van der Waals surface area contributed by atoms with Crippen LogP contribution in [0.15, 0.2) is 24.3 Å². The molecule has 1 saturated carbocycles. The molecule has 1 aliphatic heterocycles. The second-order valence-electron chi connectivity index (χ2n) is 8.28. The predicted octanol–water partition coefficient (Wildman–Crippen LogP) is 2.94. The SMILES string of the molecule is CC1CC(C)CN(Cc2ccc(CNC(=O)C3CCCC3O)cc2)C1. The Labute approximate surface area is 151 Å². The Balaban J connectivity index is 1.48. The molecule has 4 heteroatoms. The number of aliphatic hydroxyl groups is 1. The van der Waals surface area contributed by atoms with Crippen molar-refractivity contribution in [1.82, 2.24) is 10.2 Å². The van der Waals surface area contributed by atoms with Crippen molar-refractivity contribution in [2.45, 2.75) is 58.7 Å². The summed E-state index contributed by atoms with van der Waals surface area (Å²) in [5.41, 5.74) is 2.45. The van der Waals surface area contributed by atoms with E-state index in [0.717, 1.165) is 43.2 Å². The third-order valence-electron chi connectivity index (χ3n) is 5.66. The van der Waals surface area contributed by atoms with E-state index in [1.54, 1.807) is 0 Å². The van der Waals surface area contributed by atoms with Crippen molar-refractivity contribution >= 4 is 5.91 Å². The second kappa shape index (κ2) is 8.33. The lowest BCUT2D eigenvalue weighted by Crippen LogP contribution is -2.38. The van der Waals surface area contributed by atoms with Gasteiger partial charge in [0.15, 0.2) is 0 Å². The quantitative estimate of drug-likeness (QED) is 0.863. The van der Waals surface area contributed by atoms with Crippen molar-refractivity contribution in [2.24, 2.45) is 17.8 Å². The normalized spacial score (nSPS) is 30.4. The summed E-state index contributed by atoms with van der Waals surface area (Å²) in [5, 5.41) is 12.8. The van der Waals surface area contributed by atoms with E-state index in [1.807, 2.05) is 0 Å². The summed E-state index contributed by atoms with van der Waals surface area (Å²) in [6, 6.07) is 8.57. The molecule has 0 aromatic heterocycles. The molecule has 2 fully saturated rings. The van der Waals surface area contributed by atoms with Gasteiger partial charge >= 0.3 is 0 Å². The third kappa shape index (κ3) is 5.05. The molecule has 1 aromatic rings. The highest BCUT2D eigenvalue weighted by atomic mass is 16.3. The van der Waals surface area contributed by atoms with Gasteiger partial charge in [0, 0.05) is 26.2 Å². The minimum Gasteiger partial charge on any atom is -0.392 e. The lowest BCUT2D eigenvalue weighted by Gasteiger charge is -2.35. The van der Waals surface area contributed by atoms with E-state index >= 15 is 0 Å². The van der Waals surface area contributed by atoms with E-state index in [-0.39, 0.29) is 11.8 Å². The standard InChI is InChI=1S/C21H32N2O2/c1-15-10-16(2)13-23(12-15)14-18-8-6-17(7-9-18)11-22-21(25)19-4-3-5-20(19)24/h6-9,15-16,19-20,24H,3-5,10-14H2,1-2H3,(H,22,25). The monoisotopic (exact) mass is 344 g/mol. The highest BCUT2D eigenvalue weighted by Crippen LogP contribution is 2.25. The van der Waals surface area contributed by atoms with Gasteiger partial charge in [0.2, 0.25) is 5.91 Å². The number of piperidine rings is 1. The molecule has 3 rings (SSSR count). The molecule has 1 saturated heterocycles. The molecule has 4 nitrogen and oxygen atoms in total. The fourth-order valence-corrected chi connectivity index (χ4v) is 4.51. The van der Waals surface area contributed by atoms with Crippen LogP contribution in [0.3, 0.4) is 0 Å². The van der Waals surface area contributed by atoms with Gasteiger partial charge in [0.1, 0.15) is 0 Å². The van der Waals surface area contributed by atoms with E-state index in [2.05, 4.69) is 48.3 Å². The molecular weight excluding hydrogens is 312 g/mol. The molecule has 4 atom stereocenters. The Morgan fingerprint density at radius 1 is 1.12 bits per heavy atom. The summed E-state index contributed by atoms with van der Waals surface area (Å²) in [7, 11) is 0. The molecule has 4 unspecified atom stereocenters. The summed E-state index contributed by atoms with van der Waals surface area (Å²) in [4.78, 5) is 14.7. The van der Waals surface area contributed by atoms with Crippen molar-refractivity contribution < 1.29 is 9.90 Å². The smallest absolute Gasteiger partial charge is 0.225 e. The maximum atomic E-state index is 12.1. The first-order valence-corrected chi connectivity index (χ1v) is 9.77. The van der Waals surface area contributed by atoms with Gasteiger partial charge in [-0.3, -0.25) is 9.69 Å². The summed E-state index contributed by atoms with van der Waals surface area (Å²) in [6.45, 7) is 8.61. The third-order valence-corrected chi connectivity index (χ3v) is 5.66. The summed E-state index contributed by atoms with van der Waals surface area (Å²) in [6.07, 6.45) is 3.38. The molecule has 1 heterocycles. The van der Waals surface area contributed by atoms with E-state index < -0.39 is 6.10 Å². The Kier molecular flexibility index (Phi) is 6.13. The summed E-state index contributed by atoms with van der Waals surface area (Å²) in [5.74, 6) is 1.33. The van der Waals surface area contributed by atoms with Crippen molar-refractivity contribution in [3.8, 4) is 0 Å². The van der Waals surface area contributed by atoms with Gasteiger partial charge in [-0.15, -0.1) is 0 Å². The number of aliphatic hydroxyl groups excluding tert-OH is 1. The molecule has 25 heavy (non-hydrogen) atoms. The van der Waals surface area contributed by atoms with Crippen LogP contribution in [0.2, 0.25) is 0 Å². The maximum absolute atomic E-state index is 12.1. The van der Waals surface area contributed by atoms with Gasteiger partial charge in [0.25, 0.3) is 0 Å². The number of benzene rings is 1. The molecule has 1 amide bonds. The molecule has 0 bridgehead atoms. The van der Waals surface area contributed by atoms with Gasteiger partial charge in [-0.25, -0.2) is 0 Å². The summed E-state index contributed by atoms with van der Waals surface area (Å²) >= 11 is 0. The van der Waals surface area contributed by atoms with Crippen molar-refractivity contribution in [3.05, 3.63) is 35.4 Å². The van der Waals surface area contributed by atoms with Crippen LogP contribution in [0.1, 0.15) is 50.7 Å². The predicted molar refractivity (Wildman–Crippen MR) is 99.9 cm³/mol. The number of hydrogen-bond donors (Lipinski definition) is 2. The van der Waals surface area contributed by atoms with Gasteiger partial charge in [-0.1, -0.05) is 38.1 Å². The van der Waals surface area contributed by atoms with Crippen LogP contribution >= 0.6 is 0 Å². The van der Waals surface area contributed by atoms with Crippen LogP contribution in [0.25, 0.3) is 0 Å². The fraction of sp³-hybridized carbons (Fsp3) is 0.667. The first-order chi connectivity index (χ1) is 12.0. The number of nitrogens with zero attached hydrogens (tertiary/aromatic N) is 1. The number of amides is 1. The number of carbonyl (C=O) groups is 1. The topological polar surface area (TPSA) is 52.6 Å². The second-order valence-corrected chi connectivity index (χ2v) is 8.28. The Morgan fingerprint density at radius 3 is 2.36 bits per heavy atom. The number of nitrogens with one attached hydrogen (secondary N) is 1. The molecule has 1 aliphatic carbocycles. The van der Waals surface area contributed by atoms with Crippen molar-refractivity contribution in [2.75, 3.05) is 13.1 Å². The average Bonchev–Trinajstić information content (AvgIpc) is 2.99. The first-order valence-electron chi connectivity index (χ1n) is 9.77. The molecule has 2 aliphatic rings. The molecule has 0 radical (unpaired) electrons.